The zero-order valence-electron chi connectivity index (χ0n) is 18.2. The van der Waals surface area contributed by atoms with Crippen molar-refractivity contribution in [2.24, 2.45) is 0 Å². The molecular weight excluding hydrogens is 428 g/mol. The molecule has 0 unspecified atom stereocenters. The van der Waals surface area contributed by atoms with E-state index in [1.54, 1.807) is 36.7 Å². The Morgan fingerprint density at radius 3 is 2.31 bits per heavy atom. The molecule has 2 aliphatic heterocycles. The minimum atomic E-state index is -3.67. The molecular formula is C22H30N6O3S. The van der Waals surface area contributed by atoms with E-state index in [1.165, 1.54) is 10.4 Å². The van der Waals surface area contributed by atoms with E-state index in [4.69, 9.17) is 0 Å². The van der Waals surface area contributed by atoms with Crippen LogP contribution in [0.4, 0.5) is 5.95 Å². The van der Waals surface area contributed by atoms with Gasteiger partial charge in [0.15, 0.2) is 0 Å². The normalized spacial score (nSPS) is 18.4. The van der Waals surface area contributed by atoms with E-state index in [0.29, 0.717) is 26.2 Å². The lowest BCUT2D eigenvalue weighted by molar-refractivity contribution is 0.0944. The number of rotatable bonds is 7. The number of amides is 1. The van der Waals surface area contributed by atoms with Crippen LogP contribution < -0.4 is 10.2 Å². The fourth-order valence-corrected chi connectivity index (χ4v) is 5.88. The summed E-state index contributed by atoms with van der Waals surface area (Å²) in [6.45, 7) is 5.55. The van der Waals surface area contributed by atoms with Gasteiger partial charge in [0.05, 0.1) is 10.5 Å². The smallest absolute Gasteiger partial charge is 0.252 e. The molecule has 1 aromatic carbocycles. The maximum atomic E-state index is 13.1. The Bertz CT molecular complexity index is 1000. The summed E-state index contributed by atoms with van der Waals surface area (Å²) in [6.07, 6.45) is 6.25. The van der Waals surface area contributed by atoms with Gasteiger partial charge in [0.25, 0.3) is 5.91 Å². The van der Waals surface area contributed by atoms with E-state index >= 15 is 0 Å². The Labute approximate surface area is 189 Å². The fourth-order valence-electron chi connectivity index (χ4n) is 4.17. The molecule has 4 rings (SSSR count). The molecule has 0 bridgehead atoms. The molecule has 0 radical (unpaired) electrons. The average molecular weight is 459 g/mol. The number of hydrogen-bond donors (Lipinski definition) is 1. The lowest BCUT2D eigenvalue weighted by atomic mass is 10.2. The maximum Gasteiger partial charge on any atom is 0.252 e. The Morgan fingerprint density at radius 1 is 0.906 bits per heavy atom. The van der Waals surface area contributed by atoms with Crippen molar-refractivity contribution in [3.63, 3.8) is 0 Å². The summed E-state index contributed by atoms with van der Waals surface area (Å²) in [7, 11) is -3.67. The summed E-state index contributed by atoms with van der Waals surface area (Å²) in [5.74, 6) is 0.393. The summed E-state index contributed by atoms with van der Waals surface area (Å²) in [4.78, 5) is 25.9. The Kier molecular flexibility index (Phi) is 7.33. The van der Waals surface area contributed by atoms with Gasteiger partial charge in [-0.05, 0) is 31.0 Å². The molecule has 1 aromatic heterocycles. The molecule has 3 heterocycles. The zero-order chi connectivity index (χ0) is 22.4. The number of hydrogen-bond acceptors (Lipinski definition) is 7. The first-order valence-corrected chi connectivity index (χ1v) is 12.6. The highest BCUT2D eigenvalue weighted by molar-refractivity contribution is 7.89. The van der Waals surface area contributed by atoms with Gasteiger partial charge >= 0.3 is 0 Å². The van der Waals surface area contributed by atoms with Crippen molar-refractivity contribution in [1.29, 1.82) is 0 Å². The minimum absolute atomic E-state index is 0.0934. The van der Waals surface area contributed by atoms with Gasteiger partial charge in [-0.2, -0.15) is 4.31 Å². The van der Waals surface area contributed by atoms with Crippen LogP contribution in [-0.4, -0.2) is 85.9 Å². The van der Waals surface area contributed by atoms with Gasteiger partial charge in [0.1, 0.15) is 0 Å². The summed E-state index contributed by atoms with van der Waals surface area (Å²) >= 11 is 0. The second kappa shape index (κ2) is 10.4. The van der Waals surface area contributed by atoms with Crippen molar-refractivity contribution in [2.45, 2.75) is 24.2 Å². The second-order valence-electron chi connectivity index (χ2n) is 8.09. The fraction of sp³-hybridized carbons (Fsp3) is 0.500. The molecule has 172 valence electrons. The second-order valence-corrected chi connectivity index (χ2v) is 10.0. The van der Waals surface area contributed by atoms with Crippen LogP contribution in [0.1, 0.15) is 29.6 Å². The third-order valence-electron chi connectivity index (χ3n) is 5.99. The molecule has 1 N–H and O–H groups in total. The quantitative estimate of drug-likeness (QED) is 0.666. The van der Waals surface area contributed by atoms with Crippen LogP contribution in [0, 0.1) is 0 Å². The Hall–Kier alpha value is -2.56. The predicted molar refractivity (Wildman–Crippen MR) is 122 cm³/mol. The van der Waals surface area contributed by atoms with Crippen LogP contribution in [0.5, 0.6) is 0 Å². The summed E-state index contributed by atoms with van der Waals surface area (Å²) in [5.41, 5.74) is 0.212. The van der Waals surface area contributed by atoms with Crippen LogP contribution in [0.25, 0.3) is 0 Å². The average Bonchev–Trinajstić information content (AvgIpc) is 2.85. The molecule has 2 saturated heterocycles. The van der Waals surface area contributed by atoms with E-state index in [-0.39, 0.29) is 16.4 Å². The van der Waals surface area contributed by atoms with Crippen LogP contribution >= 0.6 is 0 Å². The number of carbonyl (C=O) groups is 1. The third kappa shape index (κ3) is 5.25. The molecule has 32 heavy (non-hydrogen) atoms. The largest absolute Gasteiger partial charge is 0.351 e. The third-order valence-corrected chi connectivity index (χ3v) is 7.94. The van der Waals surface area contributed by atoms with Crippen molar-refractivity contribution in [1.82, 2.24) is 24.5 Å². The van der Waals surface area contributed by atoms with E-state index in [9.17, 15) is 13.2 Å². The van der Waals surface area contributed by atoms with Crippen LogP contribution in [-0.2, 0) is 10.0 Å². The molecule has 9 nitrogen and oxygen atoms in total. The highest BCUT2D eigenvalue weighted by Crippen LogP contribution is 2.23. The highest BCUT2D eigenvalue weighted by atomic mass is 32.2. The summed E-state index contributed by atoms with van der Waals surface area (Å²) in [5, 5.41) is 2.90. The van der Waals surface area contributed by atoms with Crippen molar-refractivity contribution in [2.75, 3.05) is 57.3 Å². The highest BCUT2D eigenvalue weighted by Gasteiger charge is 2.29. The van der Waals surface area contributed by atoms with Gasteiger partial charge in [-0.1, -0.05) is 18.6 Å². The van der Waals surface area contributed by atoms with Crippen molar-refractivity contribution in [3.8, 4) is 0 Å². The molecule has 0 spiro atoms. The first kappa shape index (κ1) is 22.6. The number of sulfonamides is 1. The standard InChI is InChI=1S/C22H30N6O3S/c29-21(19-7-2-3-8-20(19)32(30,31)28-12-4-1-5-13-28)23-11-14-26-15-17-27(18-16-26)22-24-9-6-10-25-22/h2-3,6-10H,1,4-5,11-18H2,(H,23,29). The Morgan fingerprint density at radius 2 is 1.59 bits per heavy atom. The topological polar surface area (TPSA) is 98.7 Å². The number of anilines is 1. The molecule has 2 aliphatic rings. The van der Waals surface area contributed by atoms with Crippen molar-refractivity contribution in [3.05, 3.63) is 48.3 Å². The number of piperidine rings is 1. The first-order chi connectivity index (χ1) is 15.6. The van der Waals surface area contributed by atoms with Gasteiger partial charge in [-0.25, -0.2) is 18.4 Å². The Balaban J connectivity index is 1.31. The van der Waals surface area contributed by atoms with E-state index in [2.05, 4.69) is 25.1 Å². The van der Waals surface area contributed by atoms with Crippen molar-refractivity contribution < 1.29 is 13.2 Å². The molecule has 0 atom stereocenters. The molecule has 2 aromatic rings. The van der Waals surface area contributed by atoms with Crippen molar-refractivity contribution >= 4 is 21.9 Å². The molecule has 10 heteroatoms. The van der Waals surface area contributed by atoms with E-state index in [1.807, 2.05) is 0 Å². The number of nitrogens with one attached hydrogen (secondary N) is 1. The van der Waals surface area contributed by atoms with Gasteiger partial charge in [-0.15, -0.1) is 0 Å². The maximum absolute atomic E-state index is 13.1. The van der Waals surface area contributed by atoms with Gasteiger partial charge < -0.3 is 10.2 Å². The lowest BCUT2D eigenvalue weighted by Crippen LogP contribution is -2.49. The molecule has 0 aliphatic carbocycles. The summed E-state index contributed by atoms with van der Waals surface area (Å²) < 4.78 is 27.7. The number of benzene rings is 1. The first-order valence-electron chi connectivity index (χ1n) is 11.2. The van der Waals surface area contributed by atoms with Gasteiger partial charge in [-0.3, -0.25) is 9.69 Å². The molecule has 2 fully saturated rings. The number of piperazine rings is 1. The number of aromatic nitrogens is 2. The lowest BCUT2D eigenvalue weighted by Gasteiger charge is -2.34. The zero-order valence-corrected chi connectivity index (χ0v) is 19.0. The van der Waals surface area contributed by atoms with E-state index in [0.717, 1.165) is 51.4 Å². The van der Waals surface area contributed by atoms with Crippen LogP contribution in [0.3, 0.4) is 0 Å². The van der Waals surface area contributed by atoms with E-state index < -0.39 is 10.0 Å². The SMILES string of the molecule is O=C(NCCN1CCN(c2ncccn2)CC1)c1ccccc1S(=O)(=O)N1CCCCC1. The van der Waals surface area contributed by atoms with Crippen LogP contribution in [0.15, 0.2) is 47.6 Å². The van der Waals surface area contributed by atoms with Crippen LogP contribution in [0.2, 0.25) is 0 Å². The number of carbonyl (C=O) groups excluding carboxylic acids is 1. The summed E-state index contributed by atoms with van der Waals surface area (Å²) in [6, 6.07) is 8.30. The number of nitrogens with zero attached hydrogens (tertiary/aromatic N) is 5. The predicted octanol–water partition coefficient (Wildman–Crippen LogP) is 1.20. The molecule has 0 saturated carbocycles. The monoisotopic (exact) mass is 458 g/mol. The minimum Gasteiger partial charge on any atom is -0.351 e. The van der Waals surface area contributed by atoms with Gasteiger partial charge in [0.2, 0.25) is 16.0 Å². The van der Waals surface area contributed by atoms with Gasteiger partial charge in [0, 0.05) is 64.8 Å². The molecule has 1 amide bonds.